The summed E-state index contributed by atoms with van der Waals surface area (Å²) in [4.78, 5) is 17.8. The summed E-state index contributed by atoms with van der Waals surface area (Å²) in [7, 11) is -3.35. The number of hydrogen-bond acceptors (Lipinski definition) is 8. The molecule has 2 N–H and O–H groups in total. The molecule has 0 spiro atoms. The zero-order valence-corrected chi connectivity index (χ0v) is 25.3. The number of hydrogen-bond donors (Lipinski definition) is 2. The first-order valence-corrected chi connectivity index (χ1v) is 15.8. The second kappa shape index (κ2) is 12.9. The number of alkyl halides is 3. The van der Waals surface area contributed by atoms with Gasteiger partial charge in [0.1, 0.15) is 6.54 Å². The molecule has 0 saturated carbocycles. The van der Waals surface area contributed by atoms with Crippen LogP contribution in [0.4, 0.5) is 19.1 Å². The molecule has 1 fully saturated rings. The molecule has 1 atom stereocenters. The Morgan fingerprint density at radius 2 is 1.77 bits per heavy atom. The van der Waals surface area contributed by atoms with E-state index in [1.807, 2.05) is 0 Å². The van der Waals surface area contributed by atoms with Gasteiger partial charge in [0.25, 0.3) is 0 Å². The van der Waals surface area contributed by atoms with Gasteiger partial charge in [-0.3, -0.25) is 4.57 Å². The molecule has 0 bridgehead atoms. The number of sulfonamides is 1. The van der Waals surface area contributed by atoms with E-state index in [4.69, 9.17) is 23.2 Å². The number of aliphatic hydroxyl groups is 1. The molecule has 18 heteroatoms. The van der Waals surface area contributed by atoms with E-state index < -0.39 is 34.5 Å². The summed E-state index contributed by atoms with van der Waals surface area (Å²) >= 11 is 12.4. The van der Waals surface area contributed by atoms with Crippen LogP contribution in [0.5, 0.6) is 0 Å². The monoisotopic (exact) mass is 674 g/mol. The average Bonchev–Trinajstić information content (AvgIpc) is 3.50. The predicted octanol–water partition coefficient (Wildman–Crippen LogP) is 3.41. The highest BCUT2D eigenvalue weighted by atomic mass is 35.5. The Morgan fingerprint density at radius 3 is 2.45 bits per heavy atom. The van der Waals surface area contributed by atoms with E-state index in [0.29, 0.717) is 34.3 Å². The van der Waals surface area contributed by atoms with Crippen molar-refractivity contribution in [2.45, 2.75) is 38.2 Å². The summed E-state index contributed by atoms with van der Waals surface area (Å²) in [6.07, 6.45) is -6.41. The van der Waals surface area contributed by atoms with Crippen molar-refractivity contribution in [1.82, 2.24) is 33.4 Å². The van der Waals surface area contributed by atoms with Crippen LogP contribution in [0.2, 0.25) is 10.0 Å². The fourth-order valence-electron chi connectivity index (χ4n) is 4.64. The first-order valence-electron chi connectivity index (χ1n) is 13.4. The Kier molecular flexibility index (Phi) is 9.36. The second-order valence-electron chi connectivity index (χ2n) is 10.0. The number of aromatic nitrogens is 6. The minimum Gasteiger partial charge on any atom is -0.382 e. The Hall–Kier alpha value is -3.44. The predicted molar refractivity (Wildman–Crippen MR) is 158 cm³/mol. The number of nitrogens with zero attached hydrogens (tertiary/aromatic N) is 7. The lowest BCUT2D eigenvalue weighted by Gasteiger charge is -2.26. The fraction of sp³-hybridized carbons (Fsp3) is 0.385. The minimum atomic E-state index is -4.97. The van der Waals surface area contributed by atoms with Crippen molar-refractivity contribution in [3.8, 4) is 17.1 Å². The molecule has 2 aromatic heterocycles. The highest BCUT2D eigenvalue weighted by Crippen LogP contribution is 2.25. The van der Waals surface area contributed by atoms with Crippen molar-refractivity contribution in [3.63, 3.8) is 0 Å². The highest BCUT2D eigenvalue weighted by molar-refractivity contribution is 7.89. The van der Waals surface area contributed by atoms with Crippen molar-refractivity contribution in [2.75, 3.05) is 30.7 Å². The third-order valence-corrected chi connectivity index (χ3v) is 9.41. The maximum absolute atomic E-state index is 13.3. The number of aliphatic hydroxyl groups excluding tert-OH is 1. The highest BCUT2D eigenvalue weighted by Gasteiger charge is 2.39. The summed E-state index contributed by atoms with van der Waals surface area (Å²) in [6, 6.07) is 12.7. The van der Waals surface area contributed by atoms with Gasteiger partial charge in [-0.25, -0.2) is 22.2 Å². The van der Waals surface area contributed by atoms with Gasteiger partial charge in [0, 0.05) is 30.2 Å². The van der Waals surface area contributed by atoms with Gasteiger partial charge in [-0.2, -0.15) is 22.8 Å². The Balaban J connectivity index is 1.47. The fourth-order valence-corrected chi connectivity index (χ4v) is 6.59. The van der Waals surface area contributed by atoms with Crippen LogP contribution >= 0.6 is 23.2 Å². The molecule has 1 unspecified atom stereocenters. The van der Waals surface area contributed by atoms with Crippen LogP contribution in [-0.4, -0.2) is 84.6 Å². The maximum atomic E-state index is 13.3. The molecule has 5 rings (SSSR count). The molecule has 1 saturated heterocycles. The maximum Gasteiger partial charge on any atom is 0.416 e. The largest absolute Gasteiger partial charge is 0.416 e. The molecule has 236 valence electrons. The van der Waals surface area contributed by atoms with Gasteiger partial charge in [0.2, 0.25) is 16.0 Å². The van der Waals surface area contributed by atoms with Crippen LogP contribution in [0, 0.1) is 0 Å². The number of benzene rings is 2. The zero-order chi connectivity index (χ0) is 31.6. The SMILES string of the molecule is O=c1n(Cc2nc(NCCN3CCCCS3(=O)=O)n(-c3ccccc3Cl)n2)nc(-c2ccc(Cl)cc2)n1CC(O)C(F)(F)F. The van der Waals surface area contributed by atoms with E-state index >= 15 is 0 Å². The van der Waals surface area contributed by atoms with E-state index in [1.165, 1.54) is 33.3 Å². The first kappa shape index (κ1) is 32.0. The summed E-state index contributed by atoms with van der Waals surface area (Å²) < 4.78 is 68.9. The first-order chi connectivity index (χ1) is 20.8. The van der Waals surface area contributed by atoms with Crippen LogP contribution in [-0.2, 0) is 23.1 Å². The van der Waals surface area contributed by atoms with E-state index in [-0.39, 0.29) is 43.0 Å². The molecule has 0 aliphatic carbocycles. The summed E-state index contributed by atoms with van der Waals surface area (Å²) in [6.45, 7) is -0.651. The molecule has 1 aliphatic heterocycles. The van der Waals surface area contributed by atoms with Gasteiger partial charge >= 0.3 is 11.9 Å². The quantitative estimate of drug-likeness (QED) is 0.261. The normalized spacial score (nSPS) is 16.2. The minimum absolute atomic E-state index is 0.0591. The number of halogens is 5. The van der Waals surface area contributed by atoms with Crippen LogP contribution in [0.25, 0.3) is 17.1 Å². The number of rotatable bonds is 10. The van der Waals surface area contributed by atoms with Crippen LogP contribution in [0.1, 0.15) is 18.7 Å². The Labute approximate surface area is 259 Å². The standard InChI is InChI=1S/C26H27Cl2F3N8O4S/c27-18-9-7-17(8-10-18)23-35-38(25(41)37(23)15-21(40)26(29,30)31)16-22-33-24(39(34-22)20-6-2-1-5-19(20)28)32-11-13-36-12-3-4-14-44(36,42)43/h1-2,5-10,21,40H,3-4,11-16H2,(H,32,33,34). The molecule has 4 aromatic rings. The van der Waals surface area contributed by atoms with Crippen LogP contribution in [0.15, 0.2) is 53.3 Å². The lowest BCUT2D eigenvalue weighted by atomic mass is 10.2. The molecule has 0 amide bonds. The van der Waals surface area contributed by atoms with E-state index in [2.05, 4.69) is 20.5 Å². The van der Waals surface area contributed by atoms with Gasteiger partial charge < -0.3 is 10.4 Å². The van der Waals surface area contributed by atoms with Crippen LogP contribution in [0.3, 0.4) is 0 Å². The van der Waals surface area contributed by atoms with E-state index in [9.17, 15) is 31.5 Å². The van der Waals surface area contributed by atoms with Crippen LogP contribution < -0.4 is 11.0 Å². The number of nitrogens with one attached hydrogen (secondary N) is 1. The van der Waals surface area contributed by atoms with Gasteiger partial charge in [0.05, 0.1) is 23.0 Å². The summed E-state index contributed by atoms with van der Waals surface area (Å²) in [5.41, 5.74) is -0.199. The molecule has 3 heterocycles. The van der Waals surface area contributed by atoms with Gasteiger partial charge in [-0.15, -0.1) is 10.2 Å². The smallest absolute Gasteiger partial charge is 0.382 e. The molecule has 44 heavy (non-hydrogen) atoms. The summed E-state index contributed by atoms with van der Waals surface area (Å²) in [5, 5.41) is 22.2. The topological polar surface area (TPSA) is 140 Å². The van der Waals surface area contributed by atoms with Crippen molar-refractivity contribution in [2.24, 2.45) is 0 Å². The van der Waals surface area contributed by atoms with Crippen molar-refractivity contribution in [3.05, 3.63) is 74.9 Å². The molecule has 12 nitrogen and oxygen atoms in total. The van der Waals surface area contributed by atoms with E-state index in [0.717, 1.165) is 15.7 Å². The molecule has 0 radical (unpaired) electrons. The van der Waals surface area contributed by atoms with E-state index in [1.54, 1.807) is 24.3 Å². The number of anilines is 1. The number of para-hydroxylation sites is 1. The Morgan fingerprint density at radius 1 is 1.05 bits per heavy atom. The van der Waals surface area contributed by atoms with Gasteiger partial charge in [-0.05, 0) is 49.2 Å². The third kappa shape index (κ3) is 7.10. The molecule has 2 aromatic carbocycles. The third-order valence-electron chi connectivity index (χ3n) is 6.88. The van der Waals surface area contributed by atoms with Gasteiger partial charge in [-0.1, -0.05) is 35.3 Å². The van der Waals surface area contributed by atoms with Gasteiger partial charge in [0.15, 0.2) is 17.8 Å². The van der Waals surface area contributed by atoms with Crippen molar-refractivity contribution in [1.29, 1.82) is 0 Å². The van der Waals surface area contributed by atoms with Crippen molar-refractivity contribution < 1.29 is 26.7 Å². The average molecular weight is 676 g/mol. The molecular weight excluding hydrogens is 648 g/mol. The second-order valence-corrected chi connectivity index (χ2v) is 12.9. The lowest BCUT2D eigenvalue weighted by Crippen LogP contribution is -2.40. The van der Waals surface area contributed by atoms with Crippen molar-refractivity contribution >= 4 is 39.2 Å². The summed E-state index contributed by atoms with van der Waals surface area (Å²) in [5.74, 6) is 0.220. The lowest BCUT2D eigenvalue weighted by molar-refractivity contribution is -0.207. The zero-order valence-electron chi connectivity index (χ0n) is 23.0. The molecule has 1 aliphatic rings. The molecular formula is C26H27Cl2F3N8O4S. The Bertz CT molecular complexity index is 1790.